The van der Waals surface area contributed by atoms with E-state index in [1.165, 1.54) is 0 Å². The van der Waals surface area contributed by atoms with Gasteiger partial charge in [-0.25, -0.2) is 9.59 Å². The van der Waals surface area contributed by atoms with Gasteiger partial charge in [-0.2, -0.15) is 9.53 Å². The summed E-state index contributed by atoms with van der Waals surface area (Å²) >= 11 is 0. The fourth-order valence-corrected chi connectivity index (χ4v) is 2.12. The molecule has 0 unspecified atom stereocenters. The van der Waals surface area contributed by atoms with E-state index in [0.717, 1.165) is 24.3 Å². The Kier molecular flexibility index (Phi) is 4.68. The molecule has 0 amide bonds. The average molecular weight is 282 g/mol. The SMILES string of the molecule is O=C=NP(N=C=O)c1ccc([N+](=O)[O-])cc1[N+](=O)[O-]. The van der Waals surface area contributed by atoms with Crippen LogP contribution in [0.15, 0.2) is 27.7 Å². The van der Waals surface area contributed by atoms with Gasteiger partial charge >= 0.3 is 0 Å². The number of nitrogens with zero attached hydrogens (tertiary/aromatic N) is 4. The van der Waals surface area contributed by atoms with Crippen molar-refractivity contribution in [2.45, 2.75) is 0 Å². The minimum absolute atomic E-state index is 0.183. The Morgan fingerprint density at radius 2 is 1.63 bits per heavy atom. The molecule has 0 fully saturated rings. The molecule has 1 aromatic rings. The summed E-state index contributed by atoms with van der Waals surface area (Å²) < 4.78 is 6.31. The molecule has 0 spiro atoms. The van der Waals surface area contributed by atoms with Gasteiger partial charge < -0.3 is 0 Å². The molecule has 0 heterocycles. The van der Waals surface area contributed by atoms with Crippen LogP contribution in [-0.2, 0) is 9.59 Å². The quantitative estimate of drug-likeness (QED) is 0.260. The average Bonchev–Trinajstić information content (AvgIpc) is 2.37. The zero-order valence-corrected chi connectivity index (χ0v) is 9.81. The van der Waals surface area contributed by atoms with Crippen molar-refractivity contribution in [3.63, 3.8) is 0 Å². The molecule has 0 aliphatic carbocycles. The summed E-state index contributed by atoms with van der Waals surface area (Å²) in [5.74, 6) is 0. The molecule has 0 bridgehead atoms. The van der Waals surface area contributed by atoms with Crippen LogP contribution in [0.1, 0.15) is 0 Å². The van der Waals surface area contributed by atoms with Crippen LogP contribution in [0.5, 0.6) is 0 Å². The maximum Gasteiger partial charge on any atom is 0.287 e. The Morgan fingerprint density at radius 1 is 1.05 bits per heavy atom. The number of hydrogen-bond donors (Lipinski definition) is 0. The van der Waals surface area contributed by atoms with Crippen molar-refractivity contribution in [1.29, 1.82) is 0 Å². The molecule has 0 aliphatic heterocycles. The van der Waals surface area contributed by atoms with Crippen LogP contribution < -0.4 is 5.30 Å². The van der Waals surface area contributed by atoms with E-state index in [1.807, 2.05) is 0 Å². The van der Waals surface area contributed by atoms with Crippen LogP contribution in [0, 0.1) is 20.2 Å². The Labute approximate surface area is 105 Å². The van der Waals surface area contributed by atoms with Gasteiger partial charge in [-0.15, -0.1) is 0 Å². The summed E-state index contributed by atoms with van der Waals surface area (Å²) in [6, 6.07) is 2.70. The molecule has 11 heteroatoms. The third-order valence-corrected chi connectivity index (χ3v) is 3.20. The summed E-state index contributed by atoms with van der Waals surface area (Å²) in [6.45, 7) is 0. The second kappa shape index (κ2) is 6.23. The number of isocyanates is 2. The maximum absolute atomic E-state index is 10.8. The molecule has 0 aromatic heterocycles. The van der Waals surface area contributed by atoms with E-state index < -0.39 is 29.4 Å². The van der Waals surface area contributed by atoms with Crippen LogP contribution >= 0.6 is 8.22 Å². The van der Waals surface area contributed by atoms with Gasteiger partial charge in [0.1, 0.15) is 0 Å². The zero-order chi connectivity index (χ0) is 14.4. The third-order valence-electron chi connectivity index (χ3n) is 1.85. The summed E-state index contributed by atoms with van der Waals surface area (Å²) in [5, 5.41) is 21.2. The maximum atomic E-state index is 10.8. The summed E-state index contributed by atoms with van der Waals surface area (Å²) in [5.41, 5.74) is -1.16. The van der Waals surface area contributed by atoms with Crippen molar-refractivity contribution in [2.75, 3.05) is 0 Å². The first kappa shape index (κ1) is 14.3. The van der Waals surface area contributed by atoms with Crippen LogP contribution in [0.2, 0.25) is 0 Å². The highest BCUT2D eigenvalue weighted by Gasteiger charge is 2.25. The molecule has 0 aliphatic rings. The second-order valence-corrected chi connectivity index (χ2v) is 4.32. The highest BCUT2D eigenvalue weighted by atomic mass is 31.1. The lowest BCUT2D eigenvalue weighted by Gasteiger charge is -2.03. The van der Waals surface area contributed by atoms with Crippen molar-refractivity contribution in [2.24, 2.45) is 9.53 Å². The van der Waals surface area contributed by atoms with Crippen LogP contribution in [0.4, 0.5) is 11.4 Å². The lowest BCUT2D eigenvalue weighted by Crippen LogP contribution is -2.07. The predicted molar refractivity (Wildman–Crippen MR) is 62.5 cm³/mol. The van der Waals surface area contributed by atoms with Gasteiger partial charge in [-0.1, -0.05) is 0 Å². The van der Waals surface area contributed by atoms with Gasteiger partial charge in [0.15, 0.2) is 0 Å². The van der Waals surface area contributed by atoms with E-state index in [9.17, 15) is 29.8 Å². The Hall–Kier alpha value is -2.79. The van der Waals surface area contributed by atoms with Crippen molar-refractivity contribution >= 4 is 37.1 Å². The lowest BCUT2D eigenvalue weighted by molar-refractivity contribution is -0.393. The normalized spacial score (nSPS) is 10.7. The van der Waals surface area contributed by atoms with E-state index >= 15 is 0 Å². The smallest absolute Gasteiger partial charge is 0.258 e. The molecule has 0 saturated carbocycles. The molecular formula is C8H3N4O6P. The Bertz CT molecular complexity index is 616. The zero-order valence-electron chi connectivity index (χ0n) is 8.92. The number of nitro benzene ring substituents is 2. The number of carbonyl (C=O) groups excluding carboxylic acids is 2. The Balaban J connectivity index is 3.49. The molecule has 1 aromatic carbocycles. The number of hydrogen-bond acceptors (Lipinski definition) is 8. The number of non-ortho nitro benzene ring substituents is 1. The molecule has 0 radical (unpaired) electrons. The summed E-state index contributed by atoms with van der Waals surface area (Å²) in [7, 11) is -2.20. The first-order valence-corrected chi connectivity index (χ1v) is 5.64. The van der Waals surface area contributed by atoms with Gasteiger partial charge in [-0.05, 0) is 6.07 Å². The number of rotatable bonds is 5. The fourth-order valence-electron chi connectivity index (χ4n) is 1.15. The van der Waals surface area contributed by atoms with E-state index in [-0.39, 0.29) is 5.30 Å². The highest BCUT2D eigenvalue weighted by molar-refractivity contribution is 7.63. The molecule has 19 heavy (non-hydrogen) atoms. The number of benzene rings is 1. The first-order chi connectivity index (χ1) is 9.01. The largest absolute Gasteiger partial charge is 0.287 e. The molecule has 0 atom stereocenters. The highest BCUT2D eigenvalue weighted by Crippen LogP contribution is 2.40. The van der Waals surface area contributed by atoms with Gasteiger partial charge in [0, 0.05) is 6.07 Å². The van der Waals surface area contributed by atoms with Crippen LogP contribution in [0.3, 0.4) is 0 Å². The van der Waals surface area contributed by atoms with Crippen LogP contribution in [0.25, 0.3) is 0 Å². The minimum atomic E-state index is -2.20. The van der Waals surface area contributed by atoms with Crippen molar-refractivity contribution < 1.29 is 19.4 Å². The summed E-state index contributed by atoms with van der Waals surface area (Å²) in [4.78, 5) is 40.0. The van der Waals surface area contributed by atoms with Crippen LogP contribution in [-0.4, -0.2) is 22.0 Å². The van der Waals surface area contributed by atoms with Gasteiger partial charge in [0.05, 0.1) is 21.2 Å². The number of nitro groups is 2. The minimum Gasteiger partial charge on any atom is -0.258 e. The fraction of sp³-hybridized carbons (Fsp3) is 0. The van der Waals surface area contributed by atoms with Gasteiger partial charge in [0.2, 0.25) is 20.4 Å². The molecule has 0 saturated heterocycles. The van der Waals surface area contributed by atoms with E-state index in [1.54, 1.807) is 0 Å². The van der Waals surface area contributed by atoms with Crippen molar-refractivity contribution in [3.8, 4) is 0 Å². The van der Waals surface area contributed by atoms with Gasteiger partial charge in [0.25, 0.3) is 11.4 Å². The molecule has 0 N–H and O–H groups in total. The monoisotopic (exact) mass is 282 g/mol. The topological polar surface area (TPSA) is 145 Å². The third kappa shape index (κ3) is 3.34. The second-order valence-electron chi connectivity index (χ2n) is 2.86. The van der Waals surface area contributed by atoms with E-state index in [2.05, 4.69) is 9.53 Å². The van der Waals surface area contributed by atoms with Gasteiger partial charge in [-0.3, -0.25) is 20.2 Å². The standard InChI is InChI=1S/C8H3N4O6P/c13-4-9-19(10-5-14)8-2-1-6(11(15)16)3-7(8)12(17)18/h1-3H. The summed E-state index contributed by atoms with van der Waals surface area (Å²) in [6.07, 6.45) is 2.26. The predicted octanol–water partition coefficient (Wildman–Crippen LogP) is 1.11. The lowest BCUT2D eigenvalue weighted by atomic mass is 10.3. The Morgan fingerprint density at radius 3 is 2.05 bits per heavy atom. The van der Waals surface area contributed by atoms with E-state index in [0.29, 0.717) is 6.07 Å². The molecule has 1 rings (SSSR count). The first-order valence-electron chi connectivity index (χ1n) is 4.39. The molecule has 96 valence electrons. The molecule has 10 nitrogen and oxygen atoms in total. The van der Waals surface area contributed by atoms with Crippen molar-refractivity contribution in [3.05, 3.63) is 38.4 Å². The molecular weight excluding hydrogens is 279 g/mol. The van der Waals surface area contributed by atoms with E-state index in [4.69, 9.17) is 0 Å². The van der Waals surface area contributed by atoms with Crippen molar-refractivity contribution in [1.82, 2.24) is 0 Å².